The zero-order valence-corrected chi connectivity index (χ0v) is 16.0. The molecule has 1 aliphatic rings. The van der Waals surface area contributed by atoms with Crippen molar-refractivity contribution in [2.45, 2.75) is 62.6 Å². The number of carbonyl (C=O) groups is 1. The first kappa shape index (κ1) is 21.7. The van der Waals surface area contributed by atoms with Gasteiger partial charge in [-0.15, -0.1) is 0 Å². The van der Waals surface area contributed by atoms with E-state index in [9.17, 15) is 26.4 Å². The van der Waals surface area contributed by atoms with Gasteiger partial charge in [0.2, 0.25) is 15.9 Å². The molecule has 0 saturated heterocycles. The molecule has 27 heavy (non-hydrogen) atoms. The molecule has 5 nitrogen and oxygen atoms in total. The van der Waals surface area contributed by atoms with Gasteiger partial charge in [-0.3, -0.25) is 4.79 Å². The molecule has 1 fully saturated rings. The average Bonchev–Trinajstić information content (AvgIpc) is 3.11. The molecule has 2 rings (SSSR count). The molecular formula is C18H25F3N2O3S. The monoisotopic (exact) mass is 406 g/mol. The van der Waals surface area contributed by atoms with Crippen LogP contribution in [0.25, 0.3) is 0 Å². The van der Waals surface area contributed by atoms with Crippen LogP contribution in [0.5, 0.6) is 0 Å². The van der Waals surface area contributed by atoms with E-state index in [1.807, 2.05) is 4.72 Å². The highest BCUT2D eigenvalue weighted by Gasteiger charge is 2.37. The Morgan fingerprint density at radius 3 is 2.48 bits per heavy atom. The lowest BCUT2D eigenvalue weighted by atomic mass is 10.0. The number of hydrogen-bond donors (Lipinski definition) is 2. The van der Waals surface area contributed by atoms with E-state index in [1.165, 1.54) is 38.7 Å². The van der Waals surface area contributed by atoms with Crippen LogP contribution in [0.4, 0.5) is 13.2 Å². The van der Waals surface area contributed by atoms with E-state index < -0.39 is 38.6 Å². The first-order chi connectivity index (χ1) is 12.6. The number of sulfonamides is 1. The minimum absolute atomic E-state index is 0.417. The molecule has 152 valence electrons. The SMILES string of the molecule is C[C@H](NS(=O)(=O)c1ccccc1C(F)(F)F)C(=O)NCCCC1CCCC1. The lowest BCUT2D eigenvalue weighted by Gasteiger charge is -2.17. The minimum atomic E-state index is -4.81. The largest absolute Gasteiger partial charge is 0.417 e. The molecule has 0 aromatic heterocycles. The van der Waals surface area contributed by atoms with Gasteiger partial charge in [0.25, 0.3) is 0 Å². The second-order valence-electron chi connectivity index (χ2n) is 6.92. The topological polar surface area (TPSA) is 75.3 Å². The fourth-order valence-corrected chi connectivity index (χ4v) is 4.77. The predicted octanol–water partition coefficient (Wildman–Crippen LogP) is 3.46. The van der Waals surface area contributed by atoms with Crippen molar-refractivity contribution in [3.8, 4) is 0 Å². The Balaban J connectivity index is 1.91. The third-order valence-electron chi connectivity index (χ3n) is 4.77. The van der Waals surface area contributed by atoms with Crippen molar-refractivity contribution in [2.24, 2.45) is 5.92 Å². The summed E-state index contributed by atoms with van der Waals surface area (Å²) >= 11 is 0. The second kappa shape index (κ2) is 9.05. The van der Waals surface area contributed by atoms with E-state index in [2.05, 4.69) is 5.32 Å². The fraction of sp³-hybridized carbons (Fsp3) is 0.611. The van der Waals surface area contributed by atoms with Crippen LogP contribution >= 0.6 is 0 Å². The van der Waals surface area contributed by atoms with Crippen molar-refractivity contribution < 1.29 is 26.4 Å². The zero-order valence-electron chi connectivity index (χ0n) is 15.2. The van der Waals surface area contributed by atoms with E-state index in [0.717, 1.165) is 25.0 Å². The molecule has 0 aliphatic heterocycles. The van der Waals surface area contributed by atoms with Gasteiger partial charge in [0.15, 0.2) is 0 Å². The van der Waals surface area contributed by atoms with Crippen LogP contribution in [0.3, 0.4) is 0 Å². The van der Waals surface area contributed by atoms with Crippen molar-refractivity contribution in [2.75, 3.05) is 6.54 Å². The molecule has 0 heterocycles. The molecule has 0 spiro atoms. The van der Waals surface area contributed by atoms with Gasteiger partial charge in [0, 0.05) is 6.54 Å². The lowest BCUT2D eigenvalue weighted by Crippen LogP contribution is -2.45. The van der Waals surface area contributed by atoms with Crippen molar-refractivity contribution in [3.05, 3.63) is 29.8 Å². The predicted molar refractivity (Wildman–Crippen MR) is 95.4 cm³/mol. The molecule has 1 aromatic rings. The number of carbonyl (C=O) groups excluding carboxylic acids is 1. The summed E-state index contributed by atoms with van der Waals surface area (Å²) in [4.78, 5) is 11.2. The number of nitrogens with one attached hydrogen (secondary N) is 2. The summed E-state index contributed by atoms with van der Waals surface area (Å²) in [5.41, 5.74) is -1.26. The summed E-state index contributed by atoms with van der Waals surface area (Å²) in [5.74, 6) is 0.131. The molecular weight excluding hydrogens is 381 g/mol. The maximum atomic E-state index is 13.0. The van der Waals surface area contributed by atoms with Crippen LogP contribution in [0.1, 0.15) is 51.0 Å². The van der Waals surface area contributed by atoms with E-state index in [4.69, 9.17) is 0 Å². The van der Waals surface area contributed by atoms with Gasteiger partial charge in [0.05, 0.1) is 16.5 Å². The van der Waals surface area contributed by atoms with Gasteiger partial charge >= 0.3 is 6.18 Å². The molecule has 1 atom stereocenters. The molecule has 1 aromatic carbocycles. The Labute approximate surface area is 157 Å². The van der Waals surface area contributed by atoms with Crippen LogP contribution in [0, 0.1) is 5.92 Å². The quantitative estimate of drug-likeness (QED) is 0.650. The first-order valence-electron chi connectivity index (χ1n) is 9.07. The van der Waals surface area contributed by atoms with E-state index >= 15 is 0 Å². The van der Waals surface area contributed by atoms with Gasteiger partial charge in [0.1, 0.15) is 0 Å². The third kappa shape index (κ3) is 6.21. The van der Waals surface area contributed by atoms with Crippen LogP contribution < -0.4 is 10.0 Å². The zero-order chi connectivity index (χ0) is 20.1. The van der Waals surface area contributed by atoms with Crippen LogP contribution in [-0.4, -0.2) is 26.9 Å². The van der Waals surface area contributed by atoms with Gasteiger partial charge < -0.3 is 5.32 Å². The molecule has 2 N–H and O–H groups in total. The molecule has 1 amide bonds. The Morgan fingerprint density at radius 2 is 1.85 bits per heavy atom. The molecule has 0 radical (unpaired) electrons. The Bertz CT molecular complexity index is 744. The fourth-order valence-electron chi connectivity index (χ4n) is 3.34. The smallest absolute Gasteiger partial charge is 0.355 e. The normalized spacial score (nSPS) is 17.0. The van der Waals surface area contributed by atoms with Crippen molar-refractivity contribution in [3.63, 3.8) is 0 Å². The number of benzene rings is 1. The average molecular weight is 406 g/mol. The number of rotatable bonds is 8. The van der Waals surface area contributed by atoms with E-state index in [-0.39, 0.29) is 0 Å². The minimum Gasteiger partial charge on any atom is -0.355 e. The number of halogens is 3. The van der Waals surface area contributed by atoms with Gasteiger partial charge in [-0.1, -0.05) is 37.8 Å². The van der Waals surface area contributed by atoms with Gasteiger partial charge in [-0.2, -0.15) is 17.9 Å². The summed E-state index contributed by atoms with van der Waals surface area (Å²) in [7, 11) is -4.49. The highest BCUT2D eigenvalue weighted by molar-refractivity contribution is 7.89. The number of alkyl halides is 3. The molecule has 1 saturated carbocycles. The summed E-state index contributed by atoms with van der Waals surface area (Å²) < 4.78 is 65.8. The highest BCUT2D eigenvalue weighted by Crippen LogP contribution is 2.34. The summed E-state index contributed by atoms with van der Waals surface area (Å²) in [5, 5.41) is 2.64. The number of amides is 1. The van der Waals surface area contributed by atoms with Gasteiger partial charge in [-0.25, -0.2) is 8.42 Å². The van der Waals surface area contributed by atoms with Crippen molar-refractivity contribution in [1.82, 2.24) is 10.0 Å². The molecule has 9 heteroatoms. The maximum absolute atomic E-state index is 13.0. The highest BCUT2D eigenvalue weighted by atomic mass is 32.2. The first-order valence-corrected chi connectivity index (χ1v) is 10.6. The van der Waals surface area contributed by atoms with Crippen molar-refractivity contribution in [1.29, 1.82) is 0 Å². The summed E-state index contributed by atoms with van der Waals surface area (Å²) in [6.45, 7) is 1.72. The van der Waals surface area contributed by atoms with Gasteiger partial charge in [-0.05, 0) is 37.8 Å². The van der Waals surface area contributed by atoms with Crippen LogP contribution in [0.2, 0.25) is 0 Å². The molecule has 1 aliphatic carbocycles. The summed E-state index contributed by atoms with van der Waals surface area (Å²) in [6.07, 6.45) is 1.92. The van der Waals surface area contributed by atoms with Crippen molar-refractivity contribution >= 4 is 15.9 Å². The third-order valence-corrected chi connectivity index (χ3v) is 6.37. The van der Waals surface area contributed by atoms with E-state index in [1.54, 1.807) is 0 Å². The maximum Gasteiger partial charge on any atom is 0.417 e. The van der Waals surface area contributed by atoms with E-state index in [0.29, 0.717) is 18.5 Å². The Kier molecular flexibility index (Phi) is 7.27. The Morgan fingerprint density at radius 1 is 1.22 bits per heavy atom. The molecule has 0 unspecified atom stereocenters. The Hall–Kier alpha value is -1.61. The lowest BCUT2D eigenvalue weighted by molar-refractivity contribution is -0.139. The van der Waals surface area contributed by atoms with Crippen LogP contribution in [0.15, 0.2) is 29.2 Å². The summed E-state index contributed by atoms with van der Waals surface area (Å²) in [6, 6.07) is 2.71. The second-order valence-corrected chi connectivity index (χ2v) is 8.60. The molecule has 0 bridgehead atoms. The standard InChI is InChI=1S/C18H25F3N2O3S/c1-13(17(24)22-12-6-9-14-7-2-3-8-14)23-27(25,26)16-11-5-4-10-15(16)18(19,20)21/h4-5,10-11,13-14,23H,2-3,6-9,12H2,1H3,(H,22,24)/t13-/m0/s1. The number of hydrogen-bond acceptors (Lipinski definition) is 3. The van der Waals surface area contributed by atoms with Crippen LogP contribution in [-0.2, 0) is 21.0 Å².